The lowest BCUT2D eigenvalue weighted by molar-refractivity contribution is 0.157. The summed E-state index contributed by atoms with van der Waals surface area (Å²) in [7, 11) is -3.64. The molecular formula is C21H25N3O4S. The molecule has 0 aromatic heterocycles. The van der Waals surface area contributed by atoms with E-state index in [0.717, 1.165) is 6.42 Å². The fraction of sp³-hybridized carbons (Fsp3) is 0.381. The number of hydrogen-bond acceptors (Lipinski definition) is 4. The van der Waals surface area contributed by atoms with Gasteiger partial charge in [0.05, 0.1) is 6.04 Å². The van der Waals surface area contributed by atoms with E-state index in [1.807, 2.05) is 30.3 Å². The normalized spacial score (nSPS) is 23.0. The first-order valence-electron chi connectivity index (χ1n) is 9.88. The van der Waals surface area contributed by atoms with E-state index in [0.29, 0.717) is 38.2 Å². The van der Waals surface area contributed by atoms with Gasteiger partial charge < -0.3 is 15.0 Å². The Labute approximate surface area is 171 Å². The van der Waals surface area contributed by atoms with Gasteiger partial charge in [-0.25, -0.2) is 17.9 Å². The van der Waals surface area contributed by atoms with Gasteiger partial charge in [0.15, 0.2) is 0 Å². The molecule has 1 fully saturated rings. The first kappa shape index (κ1) is 19.7. The molecule has 0 bridgehead atoms. The third-order valence-corrected chi connectivity index (χ3v) is 6.92. The topological polar surface area (TPSA) is 87.7 Å². The molecule has 0 aliphatic carbocycles. The van der Waals surface area contributed by atoms with Crippen molar-refractivity contribution >= 4 is 16.1 Å². The maximum Gasteiger partial charge on any atom is 0.317 e. The van der Waals surface area contributed by atoms with Gasteiger partial charge in [-0.3, -0.25) is 0 Å². The second-order valence-electron chi connectivity index (χ2n) is 7.36. The van der Waals surface area contributed by atoms with Gasteiger partial charge in [-0.15, -0.1) is 0 Å². The van der Waals surface area contributed by atoms with E-state index < -0.39 is 10.0 Å². The van der Waals surface area contributed by atoms with Crippen LogP contribution in [0.5, 0.6) is 5.75 Å². The predicted molar refractivity (Wildman–Crippen MR) is 109 cm³/mol. The molecule has 154 valence electrons. The van der Waals surface area contributed by atoms with E-state index in [-0.39, 0.29) is 23.1 Å². The highest BCUT2D eigenvalue weighted by atomic mass is 32.2. The Kier molecular flexibility index (Phi) is 5.73. The van der Waals surface area contributed by atoms with E-state index in [1.165, 1.54) is 5.56 Å². The number of fused-ring (bicyclic) bond motifs is 2. The van der Waals surface area contributed by atoms with Crippen molar-refractivity contribution in [1.82, 2.24) is 14.9 Å². The van der Waals surface area contributed by atoms with Crippen molar-refractivity contribution in [2.24, 2.45) is 0 Å². The van der Waals surface area contributed by atoms with E-state index in [4.69, 9.17) is 4.74 Å². The van der Waals surface area contributed by atoms with Crippen molar-refractivity contribution in [2.75, 3.05) is 19.6 Å². The maximum atomic E-state index is 12.7. The molecule has 2 aliphatic rings. The van der Waals surface area contributed by atoms with E-state index in [1.54, 1.807) is 29.2 Å². The van der Waals surface area contributed by atoms with Gasteiger partial charge in [0, 0.05) is 26.1 Å². The molecule has 0 spiro atoms. The first-order chi connectivity index (χ1) is 14.0. The Hall–Kier alpha value is -2.58. The molecule has 0 unspecified atom stereocenters. The minimum atomic E-state index is -3.64. The second kappa shape index (κ2) is 8.42. The van der Waals surface area contributed by atoms with Crippen LogP contribution in [0.3, 0.4) is 0 Å². The maximum absolute atomic E-state index is 12.7. The number of urea groups is 1. The monoisotopic (exact) mass is 415 g/mol. The van der Waals surface area contributed by atoms with Crippen LogP contribution in [0, 0.1) is 0 Å². The number of sulfonamides is 1. The zero-order valence-corrected chi connectivity index (χ0v) is 16.9. The van der Waals surface area contributed by atoms with Crippen LogP contribution in [0.1, 0.15) is 18.4 Å². The fourth-order valence-corrected chi connectivity index (χ4v) is 5.26. The molecule has 0 saturated carbocycles. The van der Waals surface area contributed by atoms with Gasteiger partial charge >= 0.3 is 6.03 Å². The van der Waals surface area contributed by atoms with Crippen molar-refractivity contribution in [3.63, 3.8) is 0 Å². The second-order valence-corrected chi connectivity index (χ2v) is 9.05. The molecule has 2 amide bonds. The van der Waals surface area contributed by atoms with Gasteiger partial charge in [-0.2, -0.15) is 0 Å². The van der Waals surface area contributed by atoms with Crippen molar-refractivity contribution in [3.8, 4) is 5.75 Å². The Morgan fingerprint density at radius 2 is 1.79 bits per heavy atom. The third-order valence-electron chi connectivity index (χ3n) is 5.39. The summed E-state index contributed by atoms with van der Waals surface area (Å²) < 4.78 is 34.1. The summed E-state index contributed by atoms with van der Waals surface area (Å²) >= 11 is 0. The van der Waals surface area contributed by atoms with E-state index in [2.05, 4.69) is 10.0 Å². The van der Waals surface area contributed by atoms with E-state index in [9.17, 15) is 13.2 Å². The van der Waals surface area contributed by atoms with Crippen LogP contribution in [-0.4, -0.2) is 51.1 Å². The summed E-state index contributed by atoms with van der Waals surface area (Å²) in [4.78, 5) is 14.5. The highest BCUT2D eigenvalue weighted by Crippen LogP contribution is 2.30. The average Bonchev–Trinajstić information content (AvgIpc) is 2.97. The zero-order chi connectivity index (χ0) is 20.3. The number of hydrogen-bond donors (Lipinski definition) is 2. The quantitative estimate of drug-likeness (QED) is 0.804. The molecule has 2 aliphatic heterocycles. The standard InChI is InChI=1S/C21H25N3O4S/c25-21(22-13-10-16-6-2-1-3-7-16)24-14-11-17-18(12-15-24)28-19-8-4-5-9-20(19)29(26,27)23-17/h1-9,17-18,23H,10-15H2,(H,22,25)/t17-,18-/m0/s1. The van der Waals surface area contributed by atoms with Crippen LogP contribution < -0.4 is 14.8 Å². The number of para-hydroxylation sites is 1. The number of amides is 2. The zero-order valence-electron chi connectivity index (χ0n) is 16.1. The van der Waals surface area contributed by atoms with E-state index >= 15 is 0 Å². The first-order valence-corrected chi connectivity index (χ1v) is 11.4. The molecule has 29 heavy (non-hydrogen) atoms. The van der Waals surface area contributed by atoms with Gasteiger partial charge in [0.25, 0.3) is 0 Å². The average molecular weight is 416 g/mol. The Balaban J connectivity index is 1.38. The summed E-state index contributed by atoms with van der Waals surface area (Å²) in [6.45, 7) is 1.55. The van der Waals surface area contributed by atoms with Crippen LogP contribution >= 0.6 is 0 Å². The molecule has 8 heteroatoms. The lowest BCUT2D eigenvalue weighted by Crippen LogP contribution is -2.43. The minimum Gasteiger partial charge on any atom is -0.487 e. The lowest BCUT2D eigenvalue weighted by Gasteiger charge is -2.22. The van der Waals surface area contributed by atoms with Crippen molar-refractivity contribution in [1.29, 1.82) is 0 Å². The summed E-state index contributed by atoms with van der Waals surface area (Å²) in [6, 6.07) is 16.2. The smallest absolute Gasteiger partial charge is 0.317 e. The van der Waals surface area contributed by atoms with Crippen molar-refractivity contribution in [3.05, 3.63) is 60.2 Å². The van der Waals surface area contributed by atoms with Crippen LogP contribution in [0.4, 0.5) is 4.79 Å². The number of likely N-dealkylation sites (tertiary alicyclic amines) is 1. The largest absolute Gasteiger partial charge is 0.487 e. The Morgan fingerprint density at radius 1 is 1.07 bits per heavy atom. The third kappa shape index (κ3) is 4.54. The molecule has 2 atom stereocenters. The molecule has 7 nitrogen and oxygen atoms in total. The number of carbonyl (C=O) groups excluding carboxylic acids is 1. The molecule has 2 N–H and O–H groups in total. The molecule has 0 radical (unpaired) electrons. The molecule has 2 aromatic rings. The van der Waals surface area contributed by atoms with Crippen LogP contribution in [0.25, 0.3) is 0 Å². The summed E-state index contributed by atoms with van der Waals surface area (Å²) in [5, 5.41) is 2.96. The molecule has 2 heterocycles. The van der Waals surface area contributed by atoms with Crippen molar-refractivity contribution < 1.29 is 17.9 Å². The number of rotatable bonds is 3. The number of nitrogens with zero attached hydrogens (tertiary/aromatic N) is 1. The number of benzene rings is 2. The predicted octanol–water partition coefficient (Wildman–Crippen LogP) is 2.14. The minimum absolute atomic E-state index is 0.124. The summed E-state index contributed by atoms with van der Waals surface area (Å²) in [5.74, 6) is 0.369. The highest BCUT2D eigenvalue weighted by Gasteiger charge is 2.37. The fourth-order valence-electron chi connectivity index (χ4n) is 3.82. The van der Waals surface area contributed by atoms with Gasteiger partial charge in [0.2, 0.25) is 10.0 Å². The van der Waals surface area contributed by atoms with Crippen molar-refractivity contribution in [2.45, 2.75) is 36.3 Å². The molecule has 2 aromatic carbocycles. The van der Waals surface area contributed by atoms with Gasteiger partial charge in [-0.1, -0.05) is 42.5 Å². The molecule has 4 rings (SSSR count). The summed E-state index contributed by atoms with van der Waals surface area (Å²) in [5.41, 5.74) is 1.17. The molecular weight excluding hydrogens is 390 g/mol. The molecule has 1 saturated heterocycles. The highest BCUT2D eigenvalue weighted by molar-refractivity contribution is 7.89. The van der Waals surface area contributed by atoms with Crippen LogP contribution in [0.2, 0.25) is 0 Å². The van der Waals surface area contributed by atoms with Crippen LogP contribution in [0.15, 0.2) is 59.5 Å². The Bertz CT molecular complexity index is 965. The van der Waals surface area contributed by atoms with Crippen LogP contribution in [-0.2, 0) is 16.4 Å². The summed E-state index contributed by atoms with van der Waals surface area (Å²) in [6.07, 6.45) is 1.53. The Morgan fingerprint density at radius 3 is 2.62 bits per heavy atom. The number of ether oxygens (including phenoxy) is 1. The van der Waals surface area contributed by atoms with Gasteiger partial charge in [-0.05, 0) is 30.5 Å². The lowest BCUT2D eigenvalue weighted by atomic mass is 10.1. The number of nitrogens with one attached hydrogen (secondary N) is 2. The SMILES string of the molecule is O=C(NCCc1ccccc1)N1CC[C@@H]2NS(=O)(=O)c3ccccc3O[C@H]2CC1. The van der Waals surface area contributed by atoms with Gasteiger partial charge in [0.1, 0.15) is 16.7 Å². The number of carbonyl (C=O) groups is 1.